The molecule has 0 N–H and O–H groups in total. The van der Waals surface area contributed by atoms with Crippen molar-refractivity contribution < 1.29 is 28.6 Å². The lowest BCUT2D eigenvalue weighted by atomic mass is 10.0. The first-order valence-corrected chi connectivity index (χ1v) is 30.8. The number of unbranched alkanes of at least 4 members (excludes halogenated alkanes) is 35. The largest absolute Gasteiger partial charge is 0.462 e. The molecule has 0 fully saturated rings. The molecule has 0 rings (SSSR count). The van der Waals surface area contributed by atoms with Crippen LogP contribution in [-0.2, 0) is 28.6 Å². The summed E-state index contributed by atoms with van der Waals surface area (Å²) in [6.45, 7) is 6.50. The highest BCUT2D eigenvalue weighted by molar-refractivity contribution is 5.71. The summed E-state index contributed by atoms with van der Waals surface area (Å²) in [7, 11) is 0. The zero-order valence-electron chi connectivity index (χ0n) is 47.2. The Labute approximate surface area is 440 Å². The monoisotopic (exact) mass is 993 g/mol. The fourth-order valence-electron chi connectivity index (χ4n) is 8.94. The van der Waals surface area contributed by atoms with E-state index >= 15 is 0 Å². The van der Waals surface area contributed by atoms with Crippen molar-refractivity contribution in [2.24, 2.45) is 0 Å². The van der Waals surface area contributed by atoms with E-state index in [2.05, 4.69) is 81.5 Å². The van der Waals surface area contributed by atoms with Gasteiger partial charge in [0.15, 0.2) is 6.10 Å². The minimum atomic E-state index is -0.765. The van der Waals surface area contributed by atoms with Crippen molar-refractivity contribution in [2.75, 3.05) is 13.2 Å². The van der Waals surface area contributed by atoms with Crippen LogP contribution in [0, 0.1) is 0 Å². The zero-order chi connectivity index (χ0) is 51.4. The molecule has 0 spiro atoms. The molecule has 1 unspecified atom stereocenters. The van der Waals surface area contributed by atoms with Crippen LogP contribution in [0.25, 0.3) is 0 Å². The summed E-state index contributed by atoms with van der Waals surface area (Å²) in [4.78, 5) is 37.9. The normalized spacial score (nSPS) is 12.4. The minimum Gasteiger partial charge on any atom is -0.462 e. The molecule has 71 heavy (non-hydrogen) atoms. The standard InChI is InChI=1S/C65H116O6/c1-4-7-10-13-16-18-20-22-24-25-26-27-28-29-30-31-32-33-34-35-36-37-38-39-40-41-42-44-45-47-49-52-55-58-64(67)70-61-62(60-69-63(66)57-54-51-15-12-9-6-3)71-65(68)59-56-53-50-48-46-43-23-21-19-17-14-11-8-5-2/h7,10,16,18,22,24,26-27,29-30,62H,4-6,8-9,11-15,17,19-21,23,25,28,31-61H2,1-3H3/b10-7-,18-16-,24-22-,27-26-,30-29-. The topological polar surface area (TPSA) is 78.9 Å². The predicted octanol–water partition coefficient (Wildman–Crippen LogP) is 20.8. The zero-order valence-corrected chi connectivity index (χ0v) is 47.2. The third-order valence-electron chi connectivity index (χ3n) is 13.5. The second kappa shape index (κ2) is 59.7. The van der Waals surface area contributed by atoms with Gasteiger partial charge in [0, 0.05) is 19.3 Å². The lowest BCUT2D eigenvalue weighted by molar-refractivity contribution is -0.167. The van der Waals surface area contributed by atoms with E-state index in [0.717, 1.165) is 89.9 Å². The van der Waals surface area contributed by atoms with E-state index < -0.39 is 6.10 Å². The van der Waals surface area contributed by atoms with Gasteiger partial charge in [-0.15, -0.1) is 0 Å². The molecule has 0 heterocycles. The third kappa shape index (κ3) is 57.9. The molecule has 0 radical (unpaired) electrons. The van der Waals surface area contributed by atoms with Crippen molar-refractivity contribution in [1.82, 2.24) is 0 Å². The van der Waals surface area contributed by atoms with Gasteiger partial charge in [0.1, 0.15) is 13.2 Å². The first-order chi connectivity index (χ1) is 35.0. The van der Waals surface area contributed by atoms with Crippen LogP contribution >= 0.6 is 0 Å². The summed E-state index contributed by atoms with van der Waals surface area (Å²) in [5, 5.41) is 0. The van der Waals surface area contributed by atoms with Crippen molar-refractivity contribution in [3.05, 3.63) is 60.8 Å². The quantitative estimate of drug-likeness (QED) is 0.0261. The third-order valence-corrected chi connectivity index (χ3v) is 13.5. The van der Waals surface area contributed by atoms with Gasteiger partial charge in [-0.05, 0) is 64.2 Å². The van der Waals surface area contributed by atoms with Gasteiger partial charge in [0.2, 0.25) is 0 Å². The Morgan fingerprint density at radius 2 is 0.549 bits per heavy atom. The summed E-state index contributed by atoms with van der Waals surface area (Å²) >= 11 is 0. The Morgan fingerprint density at radius 3 is 0.859 bits per heavy atom. The van der Waals surface area contributed by atoms with Crippen LogP contribution in [0.15, 0.2) is 60.8 Å². The summed E-state index contributed by atoms with van der Waals surface area (Å²) in [5.41, 5.74) is 0. The molecule has 0 aromatic carbocycles. The fraction of sp³-hybridized carbons (Fsp3) is 0.800. The minimum absolute atomic E-state index is 0.0684. The smallest absolute Gasteiger partial charge is 0.306 e. The molecular formula is C65H116O6. The van der Waals surface area contributed by atoms with E-state index in [1.54, 1.807) is 0 Å². The molecule has 0 aromatic rings. The van der Waals surface area contributed by atoms with Gasteiger partial charge >= 0.3 is 17.9 Å². The molecule has 6 nitrogen and oxygen atoms in total. The maximum atomic E-state index is 12.8. The maximum absolute atomic E-state index is 12.8. The highest BCUT2D eigenvalue weighted by atomic mass is 16.6. The van der Waals surface area contributed by atoms with Crippen LogP contribution < -0.4 is 0 Å². The second-order valence-electron chi connectivity index (χ2n) is 20.6. The van der Waals surface area contributed by atoms with E-state index in [-0.39, 0.29) is 31.1 Å². The molecule has 0 aliphatic heterocycles. The molecule has 0 saturated carbocycles. The molecule has 1 atom stereocenters. The van der Waals surface area contributed by atoms with Gasteiger partial charge in [-0.25, -0.2) is 0 Å². The van der Waals surface area contributed by atoms with Crippen molar-refractivity contribution in [2.45, 2.75) is 322 Å². The average molecular weight is 994 g/mol. The van der Waals surface area contributed by atoms with Crippen LogP contribution in [0.3, 0.4) is 0 Å². The lowest BCUT2D eigenvalue weighted by Crippen LogP contribution is -2.30. The summed E-state index contributed by atoms with van der Waals surface area (Å²) < 4.78 is 16.8. The summed E-state index contributed by atoms with van der Waals surface area (Å²) in [5.74, 6) is -0.862. The Hall–Kier alpha value is -2.89. The number of carbonyl (C=O) groups excluding carboxylic acids is 3. The molecular weight excluding hydrogens is 877 g/mol. The second-order valence-corrected chi connectivity index (χ2v) is 20.6. The highest BCUT2D eigenvalue weighted by Crippen LogP contribution is 2.17. The van der Waals surface area contributed by atoms with Crippen LogP contribution in [-0.4, -0.2) is 37.2 Å². The average Bonchev–Trinajstić information content (AvgIpc) is 3.37. The summed E-state index contributed by atoms with van der Waals surface area (Å²) in [6, 6.07) is 0. The Morgan fingerprint density at radius 1 is 0.296 bits per heavy atom. The van der Waals surface area contributed by atoms with Gasteiger partial charge in [-0.3, -0.25) is 14.4 Å². The SMILES string of the molecule is CC/C=C\C/C=C\C/C=C\C/C=C\C/C=C\CCCCCCCCCCCCCCCCCCCC(=O)OCC(COC(=O)CCCCCCCC)OC(=O)CCCCCCCCCCCCCCCC. The number of allylic oxidation sites excluding steroid dienone is 10. The van der Waals surface area contributed by atoms with Gasteiger partial charge < -0.3 is 14.2 Å². The molecule has 0 amide bonds. The van der Waals surface area contributed by atoms with E-state index in [9.17, 15) is 14.4 Å². The van der Waals surface area contributed by atoms with Crippen molar-refractivity contribution in [3.63, 3.8) is 0 Å². The number of hydrogen-bond donors (Lipinski definition) is 0. The fourth-order valence-corrected chi connectivity index (χ4v) is 8.94. The molecule has 0 aliphatic carbocycles. The van der Waals surface area contributed by atoms with Crippen LogP contribution in [0.4, 0.5) is 0 Å². The van der Waals surface area contributed by atoms with Gasteiger partial charge in [-0.1, -0.05) is 293 Å². The number of esters is 3. The molecule has 0 aromatic heterocycles. The molecule has 6 heteroatoms. The Bertz CT molecular complexity index is 1280. The molecule has 0 bridgehead atoms. The molecule has 0 saturated heterocycles. The van der Waals surface area contributed by atoms with Crippen molar-refractivity contribution in [1.29, 1.82) is 0 Å². The van der Waals surface area contributed by atoms with Crippen LogP contribution in [0.5, 0.6) is 0 Å². The Balaban J connectivity index is 3.95. The molecule has 0 aliphatic rings. The van der Waals surface area contributed by atoms with Crippen molar-refractivity contribution in [3.8, 4) is 0 Å². The van der Waals surface area contributed by atoms with E-state index in [4.69, 9.17) is 14.2 Å². The first-order valence-electron chi connectivity index (χ1n) is 30.8. The summed E-state index contributed by atoms with van der Waals surface area (Å²) in [6.07, 6.45) is 75.6. The first kappa shape index (κ1) is 68.1. The Kier molecular flexibility index (Phi) is 57.2. The number of ether oxygens (including phenoxy) is 3. The van der Waals surface area contributed by atoms with Crippen LogP contribution in [0.2, 0.25) is 0 Å². The van der Waals surface area contributed by atoms with E-state index in [1.165, 1.54) is 186 Å². The predicted molar refractivity (Wildman–Crippen MR) is 307 cm³/mol. The van der Waals surface area contributed by atoms with Gasteiger partial charge in [0.05, 0.1) is 0 Å². The highest BCUT2D eigenvalue weighted by Gasteiger charge is 2.19. The maximum Gasteiger partial charge on any atom is 0.306 e. The van der Waals surface area contributed by atoms with Crippen LogP contribution in [0.1, 0.15) is 316 Å². The number of hydrogen-bond acceptors (Lipinski definition) is 6. The van der Waals surface area contributed by atoms with E-state index in [1.807, 2.05) is 0 Å². The lowest BCUT2D eigenvalue weighted by Gasteiger charge is -2.18. The molecule has 412 valence electrons. The van der Waals surface area contributed by atoms with Crippen molar-refractivity contribution >= 4 is 17.9 Å². The van der Waals surface area contributed by atoms with Gasteiger partial charge in [0.25, 0.3) is 0 Å². The van der Waals surface area contributed by atoms with E-state index in [0.29, 0.717) is 19.3 Å². The number of carbonyl (C=O) groups is 3. The van der Waals surface area contributed by atoms with Gasteiger partial charge in [-0.2, -0.15) is 0 Å². The number of rotatable bonds is 56.